The molecule has 17 heavy (non-hydrogen) atoms. The summed E-state index contributed by atoms with van der Waals surface area (Å²) in [6, 6.07) is 6.87. The Morgan fingerprint density at radius 1 is 1.29 bits per heavy atom. The van der Waals surface area contributed by atoms with Gasteiger partial charge in [0.05, 0.1) is 5.02 Å². The molecule has 6 heteroatoms. The van der Waals surface area contributed by atoms with Gasteiger partial charge in [0, 0.05) is 10.5 Å². The minimum absolute atomic E-state index is 0.362. The molecule has 1 aromatic carbocycles. The van der Waals surface area contributed by atoms with E-state index in [9.17, 15) is 0 Å². The first kappa shape index (κ1) is 12.1. The zero-order chi connectivity index (χ0) is 12.4. The van der Waals surface area contributed by atoms with Crippen molar-refractivity contribution in [1.82, 2.24) is 9.97 Å². The number of nitrogens with two attached hydrogens (primary N) is 1. The number of nitrogen functional groups attached to an aromatic ring is 1. The SMILES string of the molecule is Cc1nc(N)cc(Oc2ccc(Br)cc2Cl)n1. The summed E-state index contributed by atoms with van der Waals surface area (Å²) in [6.45, 7) is 1.74. The number of aryl methyl sites for hydroxylation is 1. The van der Waals surface area contributed by atoms with Gasteiger partial charge in [-0.15, -0.1) is 0 Å². The van der Waals surface area contributed by atoms with Crippen LogP contribution in [0.4, 0.5) is 5.82 Å². The molecular formula is C11H9BrClN3O. The Morgan fingerprint density at radius 3 is 2.71 bits per heavy atom. The van der Waals surface area contributed by atoms with Crippen LogP contribution in [0.25, 0.3) is 0 Å². The number of hydrogen-bond donors (Lipinski definition) is 1. The van der Waals surface area contributed by atoms with Crippen molar-refractivity contribution >= 4 is 33.3 Å². The van der Waals surface area contributed by atoms with Gasteiger partial charge in [-0.2, -0.15) is 4.98 Å². The van der Waals surface area contributed by atoms with E-state index in [1.807, 2.05) is 6.07 Å². The van der Waals surface area contributed by atoms with Crippen molar-refractivity contribution in [3.05, 3.63) is 39.6 Å². The Balaban J connectivity index is 2.31. The first-order valence-electron chi connectivity index (χ1n) is 4.78. The zero-order valence-electron chi connectivity index (χ0n) is 8.95. The van der Waals surface area contributed by atoms with Crippen LogP contribution in [0.15, 0.2) is 28.7 Å². The van der Waals surface area contributed by atoms with Gasteiger partial charge < -0.3 is 10.5 Å². The van der Waals surface area contributed by atoms with Gasteiger partial charge in [-0.25, -0.2) is 4.98 Å². The summed E-state index contributed by atoms with van der Waals surface area (Å²) >= 11 is 9.35. The number of nitrogens with zero attached hydrogens (tertiary/aromatic N) is 2. The van der Waals surface area contributed by atoms with Crippen LogP contribution in [0.1, 0.15) is 5.82 Å². The summed E-state index contributed by atoms with van der Waals surface area (Å²) in [7, 11) is 0. The number of hydrogen-bond acceptors (Lipinski definition) is 4. The minimum Gasteiger partial charge on any atom is -0.437 e. The predicted molar refractivity (Wildman–Crippen MR) is 70.4 cm³/mol. The Morgan fingerprint density at radius 2 is 2.06 bits per heavy atom. The van der Waals surface area contributed by atoms with Crippen LogP contribution in [0, 0.1) is 6.92 Å². The summed E-state index contributed by atoms with van der Waals surface area (Å²) in [5, 5.41) is 0.495. The molecular weight excluding hydrogens is 305 g/mol. The van der Waals surface area contributed by atoms with E-state index >= 15 is 0 Å². The van der Waals surface area contributed by atoms with Gasteiger partial charge in [0.2, 0.25) is 5.88 Å². The van der Waals surface area contributed by atoms with E-state index in [0.29, 0.717) is 28.3 Å². The Kier molecular flexibility index (Phi) is 3.49. The highest BCUT2D eigenvalue weighted by atomic mass is 79.9. The Bertz CT molecular complexity index is 542. The molecule has 2 N–H and O–H groups in total. The fourth-order valence-corrected chi connectivity index (χ4v) is 2.00. The molecule has 2 rings (SSSR count). The lowest BCUT2D eigenvalue weighted by atomic mass is 10.3. The molecule has 0 aliphatic carbocycles. The second kappa shape index (κ2) is 4.89. The fraction of sp³-hybridized carbons (Fsp3) is 0.0909. The summed E-state index contributed by atoms with van der Waals surface area (Å²) < 4.78 is 6.42. The molecule has 0 amide bonds. The minimum atomic E-state index is 0.362. The number of aromatic nitrogens is 2. The van der Waals surface area contributed by atoms with Crippen LogP contribution in [-0.2, 0) is 0 Å². The maximum atomic E-state index is 6.03. The van der Waals surface area contributed by atoms with Crippen LogP contribution in [-0.4, -0.2) is 9.97 Å². The van der Waals surface area contributed by atoms with E-state index in [1.165, 1.54) is 0 Å². The van der Waals surface area contributed by atoms with Gasteiger partial charge in [0.15, 0.2) is 0 Å². The van der Waals surface area contributed by atoms with Gasteiger partial charge in [-0.1, -0.05) is 27.5 Å². The summed E-state index contributed by atoms with van der Waals surface area (Å²) in [4.78, 5) is 8.07. The average molecular weight is 315 g/mol. The smallest absolute Gasteiger partial charge is 0.224 e. The average Bonchev–Trinajstić information content (AvgIpc) is 2.21. The molecule has 4 nitrogen and oxygen atoms in total. The normalized spacial score (nSPS) is 10.3. The van der Waals surface area contributed by atoms with Crippen molar-refractivity contribution in [2.45, 2.75) is 6.92 Å². The molecule has 0 aliphatic rings. The number of benzene rings is 1. The quantitative estimate of drug-likeness (QED) is 0.920. The highest BCUT2D eigenvalue weighted by molar-refractivity contribution is 9.10. The molecule has 0 aliphatic heterocycles. The molecule has 1 heterocycles. The number of anilines is 1. The summed E-state index contributed by atoms with van der Waals surface area (Å²) in [5.74, 6) is 1.81. The van der Waals surface area contributed by atoms with E-state index in [1.54, 1.807) is 25.1 Å². The lowest BCUT2D eigenvalue weighted by Gasteiger charge is -2.07. The van der Waals surface area contributed by atoms with Crippen molar-refractivity contribution < 1.29 is 4.74 Å². The predicted octanol–water partition coefficient (Wildman–Crippen LogP) is 3.58. The maximum Gasteiger partial charge on any atom is 0.224 e. The monoisotopic (exact) mass is 313 g/mol. The Hall–Kier alpha value is -1.33. The lowest BCUT2D eigenvalue weighted by Crippen LogP contribution is -1.98. The third kappa shape index (κ3) is 3.08. The molecule has 0 radical (unpaired) electrons. The van der Waals surface area contributed by atoms with E-state index in [0.717, 1.165) is 4.47 Å². The van der Waals surface area contributed by atoms with Crippen molar-refractivity contribution in [3.8, 4) is 11.6 Å². The van der Waals surface area contributed by atoms with Gasteiger partial charge in [-0.3, -0.25) is 0 Å². The highest BCUT2D eigenvalue weighted by Gasteiger charge is 2.06. The third-order valence-corrected chi connectivity index (χ3v) is 2.73. The lowest BCUT2D eigenvalue weighted by molar-refractivity contribution is 0.460. The third-order valence-electron chi connectivity index (χ3n) is 1.94. The topological polar surface area (TPSA) is 61.0 Å². The van der Waals surface area contributed by atoms with Crippen LogP contribution in [0.5, 0.6) is 11.6 Å². The van der Waals surface area contributed by atoms with Gasteiger partial charge in [0.25, 0.3) is 0 Å². The molecule has 0 saturated carbocycles. The largest absolute Gasteiger partial charge is 0.437 e. The molecule has 0 unspecified atom stereocenters. The number of ether oxygens (including phenoxy) is 1. The van der Waals surface area contributed by atoms with E-state index in [-0.39, 0.29) is 0 Å². The van der Waals surface area contributed by atoms with Crippen molar-refractivity contribution in [3.63, 3.8) is 0 Å². The van der Waals surface area contributed by atoms with E-state index in [4.69, 9.17) is 22.1 Å². The molecule has 2 aromatic rings. The molecule has 0 bridgehead atoms. The first-order valence-corrected chi connectivity index (χ1v) is 5.96. The van der Waals surface area contributed by atoms with Crippen LogP contribution < -0.4 is 10.5 Å². The molecule has 0 atom stereocenters. The van der Waals surface area contributed by atoms with Gasteiger partial charge >= 0.3 is 0 Å². The fourth-order valence-electron chi connectivity index (χ4n) is 1.29. The van der Waals surface area contributed by atoms with Gasteiger partial charge in [-0.05, 0) is 25.1 Å². The number of halogens is 2. The Labute approximate surface area is 112 Å². The van der Waals surface area contributed by atoms with Crippen molar-refractivity contribution in [2.24, 2.45) is 0 Å². The number of rotatable bonds is 2. The first-order chi connectivity index (χ1) is 8.04. The van der Waals surface area contributed by atoms with Crippen LogP contribution in [0.3, 0.4) is 0 Å². The highest BCUT2D eigenvalue weighted by Crippen LogP contribution is 2.31. The van der Waals surface area contributed by atoms with Crippen molar-refractivity contribution in [2.75, 3.05) is 5.73 Å². The second-order valence-electron chi connectivity index (χ2n) is 3.36. The molecule has 0 saturated heterocycles. The zero-order valence-corrected chi connectivity index (χ0v) is 11.3. The molecule has 0 fully saturated rings. The van der Waals surface area contributed by atoms with E-state index < -0.39 is 0 Å². The summed E-state index contributed by atoms with van der Waals surface area (Å²) in [6.07, 6.45) is 0. The van der Waals surface area contributed by atoms with Crippen LogP contribution >= 0.6 is 27.5 Å². The molecule has 88 valence electrons. The van der Waals surface area contributed by atoms with Crippen molar-refractivity contribution in [1.29, 1.82) is 0 Å². The second-order valence-corrected chi connectivity index (χ2v) is 4.68. The van der Waals surface area contributed by atoms with Gasteiger partial charge in [0.1, 0.15) is 17.4 Å². The van der Waals surface area contributed by atoms with E-state index in [2.05, 4.69) is 25.9 Å². The maximum absolute atomic E-state index is 6.03. The summed E-state index contributed by atoms with van der Waals surface area (Å²) in [5.41, 5.74) is 5.60. The molecule has 1 aromatic heterocycles. The standard InChI is InChI=1S/C11H9BrClN3O/c1-6-15-10(14)5-11(16-6)17-9-3-2-7(12)4-8(9)13/h2-5H,1H3,(H2,14,15,16). The molecule has 0 spiro atoms. The van der Waals surface area contributed by atoms with Crippen LogP contribution in [0.2, 0.25) is 5.02 Å².